The number of benzene rings is 2. The molecule has 0 fully saturated rings. The van der Waals surface area contributed by atoms with Gasteiger partial charge in [0.2, 0.25) is 0 Å². The lowest BCUT2D eigenvalue weighted by atomic mass is 10.3. The maximum absolute atomic E-state index is 12.5. The molecule has 2 aromatic carbocycles. The molecule has 0 spiro atoms. The van der Waals surface area contributed by atoms with E-state index in [1.165, 1.54) is 32.4 Å². The van der Waals surface area contributed by atoms with Crippen LogP contribution in [0.2, 0.25) is 10.0 Å². The molecule has 0 aliphatic heterocycles. The van der Waals surface area contributed by atoms with E-state index in [1.54, 1.807) is 18.2 Å². The molecule has 0 bridgehead atoms. The van der Waals surface area contributed by atoms with Crippen LogP contribution in [-0.2, 0) is 10.0 Å². The molecule has 0 radical (unpaired) electrons. The maximum atomic E-state index is 12.5. The first kappa shape index (κ1) is 16.7. The summed E-state index contributed by atoms with van der Waals surface area (Å²) in [6, 6.07) is 9.05. The van der Waals surface area contributed by atoms with E-state index in [0.717, 1.165) is 0 Å². The number of nitrogens with one attached hydrogen (secondary N) is 1. The Balaban J connectivity index is 2.48. The van der Waals surface area contributed by atoms with E-state index in [9.17, 15) is 8.42 Å². The van der Waals surface area contributed by atoms with Gasteiger partial charge in [0, 0.05) is 5.02 Å². The van der Waals surface area contributed by atoms with Crippen molar-refractivity contribution in [3.8, 4) is 11.5 Å². The average Bonchev–Trinajstić information content (AvgIpc) is 2.48. The monoisotopic (exact) mass is 361 g/mol. The van der Waals surface area contributed by atoms with Crippen LogP contribution < -0.4 is 14.2 Å². The lowest BCUT2D eigenvalue weighted by Crippen LogP contribution is -2.14. The summed E-state index contributed by atoms with van der Waals surface area (Å²) in [5.41, 5.74) is 0.234. The van der Waals surface area contributed by atoms with Crippen LogP contribution in [0.1, 0.15) is 0 Å². The molecule has 0 unspecified atom stereocenters. The number of hydrogen-bond donors (Lipinski definition) is 1. The van der Waals surface area contributed by atoms with E-state index in [0.29, 0.717) is 5.75 Å². The predicted molar refractivity (Wildman–Crippen MR) is 86.8 cm³/mol. The first-order valence-corrected chi connectivity index (χ1v) is 8.32. The van der Waals surface area contributed by atoms with Crippen molar-refractivity contribution in [2.45, 2.75) is 4.90 Å². The standard InChI is InChI=1S/C14H13Cl2NO4S/c1-20-12-5-3-4-11(14(12)21-2)17-22(18,19)13-8-9(15)6-7-10(13)16/h3-8,17H,1-2H3. The molecule has 22 heavy (non-hydrogen) atoms. The zero-order valence-electron chi connectivity index (χ0n) is 11.8. The molecular weight excluding hydrogens is 349 g/mol. The van der Waals surface area contributed by atoms with E-state index in [1.807, 2.05) is 0 Å². The fourth-order valence-electron chi connectivity index (χ4n) is 1.85. The zero-order valence-corrected chi connectivity index (χ0v) is 14.1. The largest absolute Gasteiger partial charge is 0.493 e. The number of rotatable bonds is 5. The Morgan fingerprint density at radius 1 is 1.05 bits per heavy atom. The Bertz CT molecular complexity index is 793. The Kier molecular flexibility index (Phi) is 5.05. The van der Waals surface area contributed by atoms with E-state index in [4.69, 9.17) is 32.7 Å². The van der Waals surface area contributed by atoms with Gasteiger partial charge in [0.1, 0.15) is 4.90 Å². The third-order valence-corrected chi connectivity index (χ3v) is 4.91. The summed E-state index contributed by atoms with van der Waals surface area (Å²) in [5, 5.41) is 0.334. The minimum Gasteiger partial charge on any atom is -0.493 e. The fourth-order valence-corrected chi connectivity index (χ4v) is 3.68. The normalized spacial score (nSPS) is 11.1. The lowest BCUT2D eigenvalue weighted by Gasteiger charge is -2.15. The summed E-state index contributed by atoms with van der Waals surface area (Å²) in [7, 11) is -1.05. The van der Waals surface area contributed by atoms with Crippen LogP contribution in [0, 0.1) is 0 Å². The summed E-state index contributed by atoms with van der Waals surface area (Å²) in [6.07, 6.45) is 0. The summed E-state index contributed by atoms with van der Waals surface area (Å²) in [4.78, 5) is -0.119. The van der Waals surface area contributed by atoms with E-state index in [2.05, 4.69) is 4.72 Å². The summed E-state index contributed by atoms with van der Waals surface area (Å²) >= 11 is 11.8. The summed E-state index contributed by atoms with van der Waals surface area (Å²) in [6.45, 7) is 0. The summed E-state index contributed by atoms with van der Waals surface area (Å²) in [5.74, 6) is 0.673. The van der Waals surface area contributed by atoms with Gasteiger partial charge in [-0.3, -0.25) is 4.72 Å². The highest BCUT2D eigenvalue weighted by atomic mass is 35.5. The minimum absolute atomic E-state index is 0.0683. The number of hydrogen-bond acceptors (Lipinski definition) is 4. The molecule has 0 amide bonds. The van der Waals surface area contributed by atoms with Crippen LogP contribution in [0.3, 0.4) is 0 Å². The number of anilines is 1. The highest BCUT2D eigenvalue weighted by Crippen LogP contribution is 2.36. The van der Waals surface area contributed by atoms with E-state index >= 15 is 0 Å². The first-order valence-electron chi connectivity index (χ1n) is 6.08. The fraction of sp³-hybridized carbons (Fsp3) is 0.143. The molecule has 1 N–H and O–H groups in total. The molecule has 0 aliphatic rings. The molecule has 2 aromatic rings. The number of methoxy groups -OCH3 is 2. The molecule has 0 aromatic heterocycles. The topological polar surface area (TPSA) is 64.6 Å². The lowest BCUT2D eigenvalue weighted by molar-refractivity contribution is 0.356. The van der Waals surface area contributed by atoms with Gasteiger partial charge in [-0.15, -0.1) is 0 Å². The molecule has 0 heterocycles. The van der Waals surface area contributed by atoms with Crippen LogP contribution >= 0.6 is 23.2 Å². The highest BCUT2D eigenvalue weighted by Gasteiger charge is 2.21. The van der Waals surface area contributed by atoms with Crippen molar-refractivity contribution in [3.63, 3.8) is 0 Å². The second-order valence-corrected chi connectivity index (χ2v) is 6.72. The first-order chi connectivity index (χ1) is 10.4. The van der Waals surface area contributed by atoms with Gasteiger partial charge < -0.3 is 9.47 Å². The van der Waals surface area contributed by atoms with Gasteiger partial charge in [0.05, 0.1) is 24.9 Å². The molecule has 118 valence electrons. The van der Waals surface area contributed by atoms with Crippen LogP contribution in [0.5, 0.6) is 11.5 Å². The van der Waals surface area contributed by atoms with Crippen molar-refractivity contribution in [2.24, 2.45) is 0 Å². The second-order valence-electron chi connectivity index (χ2n) is 4.22. The van der Waals surface area contributed by atoms with Crippen LogP contribution in [0.15, 0.2) is 41.3 Å². The van der Waals surface area contributed by atoms with Gasteiger partial charge in [-0.2, -0.15) is 0 Å². The quantitative estimate of drug-likeness (QED) is 0.879. The number of para-hydroxylation sites is 1. The van der Waals surface area contributed by atoms with Gasteiger partial charge in [0.25, 0.3) is 10.0 Å². The van der Waals surface area contributed by atoms with Gasteiger partial charge >= 0.3 is 0 Å². The third-order valence-electron chi connectivity index (χ3n) is 2.83. The van der Waals surface area contributed by atoms with Gasteiger partial charge in [-0.1, -0.05) is 29.3 Å². The maximum Gasteiger partial charge on any atom is 0.263 e. The van der Waals surface area contributed by atoms with Crippen molar-refractivity contribution >= 4 is 38.9 Å². The van der Waals surface area contributed by atoms with Crippen molar-refractivity contribution < 1.29 is 17.9 Å². The third kappa shape index (κ3) is 3.40. The van der Waals surface area contributed by atoms with Crippen molar-refractivity contribution in [1.29, 1.82) is 0 Å². The molecule has 0 atom stereocenters. The van der Waals surface area contributed by atoms with Gasteiger partial charge in [-0.25, -0.2) is 8.42 Å². The van der Waals surface area contributed by atoms with E-state index < -0.39 is 10.0 Å². The smallest absolute Gasteiger partial charge is 0.263 e. The molecule has 5 nitrogen and oxygen atoms in total. The SMILES string of the molecule is COc1cccc(NS(=O)(=O)c2cc(Cl)ccc2Cl)c1OC. The Labute approximate surface area is 138 Å². The minimum atomic E-state index is -3.93. The summed E-state index contributed by atoms with van der Waals surface area (Å²) < 4.78 is 37.7. The molecule has 0 aliphatic carbocycles. The average molecular weight is 362 g/mol. The molecule has 0 saturated heterocycles. The van der Waals surface area contributed by atoms with Crippen molar-refractivity contribution in [2.75, 3.05) is 18.9 Å². The van der Waals surface area contributed by atoms with Crippen LogP contribution in [0.25, 0.3) is 0 Å². The highest BCUT2D eigenvalue weighted by molar-refractivity contribution is 7.92. The van der Waals surface area contributed by atoms with Gasteiger partial charge in [0.15, 0.2) is 11.5 Å². The van der Waals surface area contributed by atoms with Crippen molar-refractivity contribution in [1.82, 2.24) is 0 Å². The molecule has 8 heteroatoms. The predicted octanol–water partition coefficient (Wildman–Crippen LogP) is 3.81. The second kappa shape index (κ2) is 6.64. The zero-order chi connectivity index (χ0) is 16.3. The van der Waals surface area contributed by atoms with Gasteiger partial charge in [-0.05, 0) is 30.3 Å². The number of halogens is 2. The van der Waals surface area contributed by atoms with Crippen LogP contribution in [0.4, 0.5) is 5.69 Å². The van der Waals surface area contributed by atoms with Crippen LogP contribution in [-0.4, -0.2) is 22.6 Å². The molecule has 0 saturated carbocycles. The number of sulfonamides is 1. The Morgan fingerprint density at radius 2 is 1.77 bits per heavy atom. The van der Waals surface area contributed by atoms with Crippen molar-refractivity contribution in [3.05, 3.63) is 46.4 Å². The Hall–Kier alpha value is -1.63. The Morgan fingerprint density at radius 3 is 2.41 bits per heavy atom. The number of ether oxygens (including phenoxy) is 2. The molecular formula is C14H13Cl2NO4S. The van der Waals surface area contributed by atoms with E-state index in [-0.39, 0.29) is 26.4 Å². The molecule has 2 rings (SSSR count).